The predicted molar refractivity (Wildman–Crippen MR) is 105 cm³/mol. The van der Waals surface area contributed by atoms with E-state index in [1.165, 1.54) is 11.0 Å². The second-order valence-electron chi connectivity index (χ2n) is 6.45. The quantitative estimate of drug-likeness (QED) is 0.683. The lowest BCUT2D eigenvalue weighted by atomic mass is 10.2. The molecule has 3 aromatic rings. The number of hydrogen-bond acceptors (Lipinski definition) is 4. The standard InChI is InChI=1S/C20H18ClN5O2/c21-16-8-6-15(7-9-16)19(27)24-10-12-25(13-11-24)20(28)18-14-22-26(23-18)17-4-2-1-3-5-17/h1-9,14H,10-13H2. The molecule has 1 aromatic heterocycles. The highest BCUT2D eigenvalue weighted by Gasteiger charge is 2.27. The lowest BCUT2D eigenvalue weighted by Gasteiger charge is -2.34. The number of hydrogen-bond donors (Lipinski definition) is 0. The van der Waals surface area contributed by atoms with Gasteiger partial charge in [-0.15, -0.1) is 5.10 Å². The van der Waals surface area contributed by atoms with Crippen LogP contribution < -0.4 is 0 Å². The van der Waals surface area contributed by atoms with E-state index in [4.69, 9.17) is 11.6 Å². The number of amides is 2. The maximum Gasteiger partial charge on any atom is 0.276 e. The molecule has 2 aromatic carbocycles. The monoisotopic (exact) mass is 395 g/mol. The van der Waals surface area contributed by atoms with E-state index < -0.39 is 0 Å². The van der Waals surface area contributed by atoms with E-state index >= 15 is 0 Å². The van der Waals surface area contributed by atoms with Crippen LogP contribution in [0.25, 0.3) is 5.69 Å². The van der Waals surface area contributed by atoms with Crippen LogP contribution in [0.3, 0.4) is 0 Å². The Balaban J connectivity index is 1.38. The zero-order chi connectivity index (χ0) is 19.5. The van der Waals surface area contributed by atoms with E-state index in [1.54, 1.807) is 34.1 Å². The molecule has 2 heterocycles. The van der Waals surface area contributed by atoms with Gasteiger partial charge in [0.25, 0.3) is 11.8 Å². The second kappa shape index (κ2) is 7.82. The fourth-order valence-corrected chi connectivity index (χ4v) is 3.22. The summed E-state index contributed by atoms with van der Waals surface area (Å²) in [6, 6.07) is 16.2. The minimum atomic E-state index is -0.180. The second-order valence-corrected chi connectivity index (χ2v) is 6.88. The number of aromatic nitrogens is 3. The number of rotatable bonds is 3. The van der Waals surface area contributed by atoms with Gasteiger partial charge in [-0.2, -0.15) is 9.90 Å². The fraction of sp³-hybridized carbons (Fsp3) is 0.200. The van der Waals surface area contributed by atoms with Crippen molar-refractivity contribution in [2.45, 2.75) is 0 Å². The van der Waals surface area contributed by atoms with Gasteiger partial charge in [-0.1, -0.05) is 29.8 Å². The summed E-state index contributed by atoms with van der Waals surface area (Å²) in [6.07, 6.45) is 1.47. The molecule has 1 saturated heterocycles. The molecule has 0 unspecified atom stereocenters. The van der Waals surface area contributed by atoms with Gasteiger partial charge in [0.1, 0.15) is 0 Å². The van der Waals surface area contributed by atoms with Crippen LogP contribution in [-0.2, 0) is 0 Å². The molecular weight excluding hydrogens is 378 g/mol. The van der Waals surface area contributed by atoms with Gasteiger partial charge in [0.2, 0.25) is 0 Å². The maximum atomic E-state index is 12.7. The van der Waals surface area contributed by atoms with Crippen molar-refractivity contribution in [1.29, 1.82) is 0 Å². The number of halogens is 1. The van der Waals surface area contributed by atoms with Crippen molar-refractivity contribution in [2.75, 3.05) is 26.2 Å². The summed E-state index contributed by atoms with van der Waals surface area (Å²) in [5, 5.41) is 9.05. The molecule has 0 saturated carbocycles. The zero-order valence-corrected chi connectivity index (χ0v) is 15.8. The number of piperazine rings is 1. The van der Waals surface area contributed by atoms with Crippen LogP contribution in [-0.4, -0.2) is 62.8 Å². The molecule has 1 fully saturated rings. The number of carbonyl (C=O) groups excluding carboxylic acids is 2. The summed E-state index contributed by atoms with van der Waals surface area (Å²) in [4.78, 5) is 30.2. The van der Waals surface area contributed by atoms with Crippen molar-refractivity contribution < 1.29 is 9.59 Å². The minimum absolute atomic E-state index is 0.0567. The number of carbonyl (C=O) groups is 2. The van der Waals surface area contributed by atoms with E-state index in [0.717, 1.165) is 5.69 Å². The van der Waals surface area contributed by atoms with Gasteiger partial charge in [-0.25, -0.2) is 0 Å². The van der Waals surface area contributed by atoms with Gasteiger partial charge < -0.3 is 9.80 Å². The molecule has 0 spiro atoms. The maximum absolute atomic E-state index is 12.7. The van der Waals surface area contributed by atoms with Crippen LogP contribution >= 0.6 is 11.6 Å². The van der Waals surface area contributed by atoms with Crippen LogP contribution in [0.4, 0.5) is 0 Å². The largest absolute Gasteiger partial charge is 0.335 e. The van der Waals surface area contributed by atoms with E-state index in [1.807, 2.05) is 30.3 Å². The molecule has 0 aliphatic carbocycles. The van der Waals surface area contributed by atoms with Gasteiger partial charge >= 0.3 is 0 Å². The van der Waals surface area contributed by atoms with Crippen molar-refractivity contribution >= 4 is 23.4 Å². The molecule has 1 aliphatic heterocycles. The molecule has 7 nitrogen and oxygen atoms in total. The molecule has 8 heteroatoms. The average Bonchev–Trinajstić information content (AvgIpc) is 3.24. The van der Waals surface area contributed by atoms with Crippen LogP contribution in [0.5, 0.6) is 0 Å². The summed E-state index contributed by atoms with van der Waals surface area (Å²) in [7, 11) is 0. The smallest absolute Gasteiger partial charge is 0.276 e. The Morgan fingerprint density at radius 2 is 1.43 bits per heavy atom. The van der Waals surface area contributed by atoms with Gasteiger partial charge in [-0.3, -0.25) is 9.59 Å². The normalized spacial score (nSPS) is 14.2. The summed E-state index contributed by atoms with van der Waals surface area (Å²) in [5.41, 5.74) is 1.68. The van der Waals surface area contributed by atoms with E-state index in [2.05, 4.69) is 10.2 Å². The number of nitrogens with zero attached hydrogens (tertiary/aromatic N) is 5. The van der Waals surface area contributed by atoms with Crippen molar-refractivity contribution in [1.82, 2.24) is 24.8 Å². The molecule has 2 amide bonds. The Hall–Kier alpha value is -3.19. The van der Waals surface area contributed by atoms with Crippen molar-refractivity contribution in [3.63, 3.8) is 0 Å². The Bertz CT molecular complexity index is 979. The first-order chi connectivity index (χ1) is 13.6. The van der Waals surface area contributed by atoms with Gasteiger partial charge in [0, 0.05) is 36.8 Å². The van der Waals surface area contributed by atoms with Crippen LogP contribution in [0.15, 0.2) is 60.8 Å². The lowest BCUT2D eigenvalue weighted by Crippen LogP contribution is -2.50. The highest BCUT2D eigenvalue weighted by atomic mass is 35.5. The summed E-state index contributed by atoms with van der Waals surface area (Å²) in [6.45, 7) is 1.85. The van der Waals surface area contributed by atoms with Crippen LogP contribution in [0, 0.1) is 0 Å². The first-order valence-corrected chi connectivity index (χ1v) is 9.31. The SMILES string of the molecule is O=C(c1ccc(Cl)cc1)N1CCN(C(=O)c2cnn(-c3ccccc3)n2)CC1. The minimum Gasteiger partial charge on any atom is -0.335 e. The Morgan fingerprint density at radius 3 is 2.07 bits per heavy atom. The first kappa shape index (κ1) is 18.2. The first-order valence-electron chi connectivity index (χ1n) is 8.94. The Morgan fingerprint density at radius 1 is 0.821 bits per heavy atom. The molecule has 0 atom stereocenters. The van der Waals surface area contributed by atoms with E-state index in [9.17, 15) is 9.59 Å². The molecule has 142 valence electrons. The van der Waals surface area contributed by atoms with E-state index in [-0.39, 0.29) is 11.8 Å². The molecule has 1 aliphatic rings. The van der Waals surface area contributed by atoms with Gasteiger partial charge in [0.15, 0.2) is 5.69 Å². The van der Waals surface area contributed by atoms with Crippen molar-refractivity contribution in [2.24, 2.45) is 0 Å². The fourth-order valence-electron chi connectivity index (χ4n) is 3.10. The zero-order valence-electron chi connectivity index (χ0n) is 15.0. The molecule has 28 heavy (non-hydrogen) atoms. The van der Waals surface area contributed by atoms with Gasteiger partial charge in [0.05, 0.1) is 11.9 Å². The van der Waals surface area contributed by atoms with Crippen LogP contribution in [0.2, 0.25) is 5.02 Å². The molecule has 4 rings (SSSR count). The van der Waals surface area contributed by atoms with Gasteiger partial charge in [-0.05, 0) is 36.4 Å². The highest BCUT2D eigenvalue weighted by molar-refractivity contribution is 6.30. The van der Waals surface area contributed by atoms with Crippen LogP contribution in [0.1, 0.15) is 20.8 Å². The third-order valence-corrected chi connectivity index (χ3v) is 4.90. The highest BCUT2D eigenvalue weighted by Crippen LogP contribution is 2.14. The predicted octanol–water partition coefficient (Wildman–Crippen LogP) is 2.52. The molecule has 0 bridgehead atoms. The summed E-state index contributed by atoms with van der Waals surface area (Å²) >= 11 is 5.87. The van der Waals surface area contributed by atoms with Crippen molar-refractivity contribution in [3.05, 3.63) is 77.1 Å². The number of benzene rings is 2. The molecule has 0 N–H and O–H groups in total. The summed E-state index contributed by atoms with van der Waals surface area (Å²) in [5.74, 6) is -0.237. The third kappa shape index (κ3) is 3.75. The van der Waals surface area contributed by atoms with Crippen molar-refractivity contribution in [3.8, 4) is 5.69 Å². The van der Waals surface area contributed by atoms with E-state index in [0.29, 0.717) is 42.5 Å². The lowest BCUT2D eigenvalue weighted by molar-refractivity contribution is 0.0532. The number of para-hydroxylation sites is 1. The summed E-state index contributed by atoms with van der Waals surface area (Å²) < 4.78 is 0. The Labute approximate surface area is 167 Å². The molecular formula is C20H18ClN5O2. The third-order valence-electron chi connectivity index (χ3n) is 4.64. The average molecular weight is 396 g/mol. The molecule has 0 radical (unpaired) electrons. The topological polar surface area (TPSA) is 71.3 Å². The Kier molecular flexibility index (Phi) is 5.08.